The number of fused-ring (bicyclic) bond motifs is 1. The highest BCUT2D eigenvalue weighted by atomic mass is 127. The van der Waals surface area contributed by atoms with Gasteiger partial charge < -0.3 is 20.1 Å². The van der Waals surface area contributed by atoms with E-state index in [9.17, 15) is 0 Å². The van der Waals surface area contributed by atoms with Gasteiger partial charge in [0.25, 0.3) is 0 Å². The van der Waals surface area contributed by atoms with Crippen LogP contribution in [0.25, 0.3) is 0 Å². The second-order valence-electron chi connectivity index (χ2n) is 6.72. The van der Waals surface area contributed by atoms with Gasteiger partial charge in [0, 0.05) is 37.7 Å². The quantitative estimate of drug-likeness (QED) is 0.355. The van der Waals surface area contributed by atoms with E-state index in [-0.39, 0.29) is 30.1 Å². The summed E-state index contributed by atoms with van der Waals surface area (Å²) in [5.74, 6) is 2.49. The molecule has 29 heavy (non-hydrogen) atoms. The molecule has 1 aliphatic heterocycles. The number of halogens is 1. The molecular weight excluding hydrogens is 479 g/mol. The summed E-state index contributed by atoms with van der Waals surface area (Å²) in [5, 5.41) is 15.6. The molecule has 2 aromatic carbocycles. The van der Waals surface area contributed by atoms with Crippen LogP contribution in [0.1, 0.15) is 36.1 Å². The molecule has 0 saturated carbocycles. The van der Waals surface area contributed by atoms with Gasteiger partial charge in [-0.2, -0.15) is 5.26 Å². The molecule has 0 amide bonds. The number of hydrogen-bond donors (Lipinski definition) is 2. The molecule has 2 aromatic rings. The van der Waals surface area contributed by atoms with E-state index in [2.05, 4.69) is 40.8 Å². The molecule has 0 aromatic heterocycles. The van der Waals surface area contributed by atoms with Crippen molar-refractivity contribution in [1.82, 2.24) is 10.6 Å². The van der Waals surface area contributed by atoms with Crippen LogP contribution in [0.3, 0.4) is 0 Å². The average Bonchev–Trinajstić information content (AvgIpc) is 3.07. The van der Waals surface area contributed by atoms with Crippen LogP contribution in [0.2, 0.25) is 0 Å². The Labute approximate surface area is 189 Å². The minimum absolute atomic E-state index is 0. The van der Waals surface area contributed by atoms with E-state index in [0.29, 0.717) is 31.2 Å². The maximum atomic E-state index is 9.02. The van der Waals surface area contributed by atoms with E-state index in [1.165, 1.54) is 5.56 Å². The monoisotopic (exact) mass is 506 g/mol. The second-order valence-corrected chi connectivity index (χ2v) is 6.72. The second kappa shape index (κ2) is 10.9. The normalized spacial score (nSPS) is 14.8. The van der Waals surface area contributed by atoms with Crippen molar-refractivity contribution >= 4 is 29.9 Å². The molecule has 1 atom stereocenters. The van der Waals surface area contributed by atoms with Gasteiger partial charge in [0.05, 0.1) is 18.2 Å². The molecule has 0 radical (unpaired) electrons. The fraction of sp³-hybridized carbons (Fsp3) is 0.364. The Kier molecular flexibility index (Phi) is 8.58. The SMILES string of the molecule is CCOc1cc2c(cc1CNC(=NC)NCc1cccc(C#N)c1)OC(C)C2.I. The van der Waals surface area contributed by atoms with Crippen LogP contribution in [-0.4, -0.2) is 25.7 Å². The molecule has 3 rings (SSSR count). The van der Waals surface area contributed by atoms with Crippen LogP contribution in [0.15, 0.2) is 41.4 Å². The van der Waals surface area contributed by atoms with Crippen molar-refractivity contribution < 1.29 is 9.47 Å². The Bertz CT molecular complexity index is 908. The van der Waals surface area contributed by atoms with Gasteiger partial charge in [0.15, 0.2) is 5.96 Å². The van der Waals surface area contributed by atoms with Gasteiger partial charge in [-0.05, 0) is 43.7 Å². The van der Waals surface area contributed by atoms with Crippen LogP contribution in [0.4, 0.5) is 0 Å². The number of ether oxygens (including phenoxy) is 2. The highest BCUT2D eigenvalue weighted by Crippen LogP contribution is 2.35. The average molecular weight is 506 g/mol. The number of rotatable bonds is 6. The van der Waals surface area contributed by atoms with Crippen LogP contribution in [0, 0.1) is 11.3 Å². The first-order valence-electron chi connectivity index (χ1n) is 9.51. The molecule has 0 bridgehead atoms. The highest BCUT2D eigenvalue weighted by molar-refractivity contribution is 14.0. The van der Waals surface area contributed by atoms with Crippen molar-refractivity contribution in [3.63, 3.8) is 0 Å². The zero-order valence-electron chi connectivity index (χ0n) is 17.0. The summed E-state index contributed by atoms with van der Waals surface area (Å²) in [6.07, 6.45) is 1.11. The zero-order chi connectivity index (χ0) is 19.9. The van der Waals surface area contributed by atoms with Gasteiger partial charge in [0.1, 0.15) is 17.6 Å². The highest BCUT2D eigenvalue weighted by Gasteiger charge is 2.21. The molecule has 1 aliphatic rings. The van der Waals surface area contributed by atoms with Gasteiger partial charge in [-0.25, -0.2) is 0 Å². The summed E-state index contributed by atoms with van der Waals surface area (Å²) >= 11 is 0. The fourth-order valence-electron chi connectivity index (χ4n) is 3.25. The van der Waals surface area contributed by atoms with Crippen molar-refractivity contribution in [2.75, 3.05) is 13.7 Å². The van der Waals surface area contributed by atoms with Gasteiger partial charge in [-0.3, -0.25) is 4.99 Å². The summed E-state index contributed by atoms with van der Waals surface area (Å²) in [4.78, 5) is 4.28. The van der Waals surface area contributed by atoms with E-state index >= 15 is 0 Å². The maximum Gasteiger partial charge on any atom is 0.191 e. The number of benzene rings is 2. The predicted octanol–water partition coefficient (Wildman–Crippen LogP) is 3.76. The maximum absolute atomic E-state index is 9.02. The van der Waals surface area contributed by atoms with Crippen LogP contribution < -0.4 is 20.1 Å². The molecular formula is C22H27IN4O2. The number of guanidine groups is 1. The van der Waals surface area contributed by atoms with Crippen LogP contribution >= 0.6 is 24.0 Å². The lowest BCUT2D eigenvalue weighted by Gasteiger charge is -2.16. The topological polar surface area (TPSA) is 78.7 Å². The predicted molar refractivity (Wildman–Crippen MR) is 125 cm³/mol. The van der Waals surface area contributed by atoms with Crippen LogP contribution in [-0.2, 0) is 19.5 Å². The summed E-state index contributed by atoms with van der Waals surface area (Å²) in [6, 6.07) is 13.8. The van der Waals surface area contributed by atoms with E-state index in [0.717, 1.165) is 29.0 Å². The summed E-state index contributed by atoms with van der Waals surface area (Å²) in [7, 11) is 1.73. The van der Waals surface area contributed by atoms with Gasteiger partial charge in [0.2, 0.25) is 0 Å². The van der Waals surface area contributed by atoms with Gasteiger partial charge >= 0.3 is 0 Å². The third-order valence-electron chi connectivity index (χ3n) is 4.56. The summed E-state index contributed by atoms with van der Waals surface area (Å²) in [5.41, 5.74) is 3.90. The number of hydrogen-bond acceptors (Lipinski definition) is 4. The van der Waals surface area contributed by atoms with Gasteiger partial charge in [-0.1, -0.05) is 12.1 Å². The van der Waals surface area contributed by atoms with Gasteiger partial charge in [-0.15, -0.1) is 24.0 Å². The lowest BCUT2D eigenvalue weighted by atomic mass is 10.1. The lowest BCUT2D eigenvalue weighted by Crippen LogP contribution is -2.36. The molecule has 0 aliphatic carbocycles. The zero-order valence-corrected chi connectivity index (χ0v) is 19.3. The van der Waals surface area contributed by atoms with Crippen molar-refractivity contribution in [3.8, 4) is 17.6 Å². The molecule has 1 unspecified atom stereocenters. The first kappa shape index (κ1) is 22.8. The minimum Gasteiger partial charge on any atom is -0.494 e. The summed E-state index contributed by atoms with van der Waals surface area (Å²) < 4.78 is 11.7. The Morgan fingerprint density at radius 3 is 2.79 bits per heavy atom. The van der Waals surface area contributed by atoms with Crippen molar-refractivity contribution in [1.29, 1.82) is 5.26 Å². The molecule has 2 N–H and O–H groups in total. The van der Waals surface area contributed by atoms with E-state index < -0.39 is 0 Å². The third kappa shape index (κ3) is 6.00. The molecule has 7 heteroatoms. The first-order valence-corrected chi connectivity index (χ1v) is 9.51. The number of nitriles is 1. The number of aliphatic imine (C=N–C) groups is 1. The molecule has 0 saturated heterocycles. The van der Waals surface area contributed by atoms with Crippen molar-refractivity contribution in [3.05, 3.63) is 58.7 Å². The molecule has 0 fully saturated rings. The largest absolute Gasteiger partial charge is 0.494 e. The van der Waals surface area contributed by atoms with E-state index in [1.807, 2.05) is 25.1 Å². The number of nitrogens with one attached hydrogen (secondary N) is 2. The Morgan fingerprint density at radius 2 is 2.07 bits per heavy atom. The van der Waals surface area contributed by atoms with Crippen molar-refractivity contribution in [2.24, 2.45) is 4.99 Å². The Balaban J connectivity index is 0.00000300. The smallest absolute Gasteiger partial charge is 0.191 e. The molecule has 6 nitrogen and oxygen atoms in total. The van der Waals surface area contributed by atoms with Crippen molar-refractivity contribution in [2.45, 2.75) is 39.5 Å². The molecule has 154 valence electrons. The lowest BCUT2D eigenvalue weighted by molar-refractivity contribution is 0.254. The molecule has 1 heterocycles. The number of nitrogens with zero attached hydrogens (tertiary/aromatic N) is 2. The third-order valence-corrected chi connectivity index (χ3v) is 4.56. The van der Waals surface area contributed by atoms with E-state index in [4.69, 9.17) is 14.7 Å². The Hall–Kier alpha value is -2.47. The minimum atomic E-state index is 0. The molecule has 0 spiro atoms. The standard InChI is InChI=1S/C22H26N4O2.HI/c1-4-27-20-10-18-8-15(2)28-21(18)11-19(20)14-26-22(24-3)25-13-17-7-5-6-16(9-17)12-23;/h5-7,9-11,15H,4,8,13-14H2,1-3H3,(H2,24,25,26);1H. The van der Waals surface area contributed by atoms with E-state index in [1.54, 1.807) is 13.1 Å². The van der Waals surface area contributed by atoms with Crippen LogP contribution in [0.5, 0.6) is 11.5 Å². The Morgan fingerprint density at radius 1 is 1.28 bits per heavy atom. The first-order chi connectivity index (χ1) is 13.6. The fourth-order valence-corrected chi connectivity index (χ4v) is 3.25. The summed E-state index contributed by atoms with van der Waals surface area (Å²) in [6.45, 7) is 5.83.